The Kier molecular flexibility index (Phi) is 1.96. The molecule has 4 rings (SSSR count). The Balaban J connectivity index is 1.66. The molecule has 0 unspecified atom stereocenters. The molecule has 1 saturated carbocycles. The van der Waals surface area contributed by atoms with Gasteiger partial charge in [-0.15, -0.1) is 0 Å². The maximum Gasteiger partial charge on any atom is 0.411 e. The molecule has 104 valence electrons. The molecule has 0 radical (unpaired) electrons. The first-order valence-corrected chi connectivity index (χ1v) is 6.33. The van der Waals surface area contributed by atoms with Gasteiger partial charge in [0.1, 0.15) is 16.7 Å². The number of hydrogen-bond donors (Lipinski definition) is 2. The predicted octanol–water partition coefficient (Wildman–Crippen LogP) is 2.76. The highest BCUT2D eigenvalue weighted by atomic mass is 19.4. The number of nitrogens with one attached hydrogen (secondary N) is 2. The van der Waals surface area contributed by atoms with Crippen molar-refractivity contribution >= 4 is 16.8 Å². The molecular weight excluding hydrogens is 271 g/mol. The first kappa shape index (κ1) is 11.7. The van der Waals surface area contributed by atoms with Gasteiger partial charge in [-0.3, -0.25) is 9.89 Å². The highest BCUT2D eigenvalue weighted by Gasteiger charge is 2.59. The summed E-state index contributed by atoms with van der Waals surface area (Å²) < 4.78 is 39.1. The number of halogens is 3. The summed E-state index contributed by atoms with van der Waals surface area (Å²) in [5.74, 6) is -0.741. The van der Waals surface area contributed by atoms with E-state index in [9.17, 15) is 18.0 Å². The second-order valence-corrected chi connectivity index (χ2v) is 5.41. The third kappa shape index (κ3) is 1.37. The van der Waals surface area contributed by atoms with Crippen LogP contribution in [-0.2, 0) is 0 Å². The molecule has 20 heavy (non-hydrogen) atoms. The number of carbonyl (C=O) groups excluding carboxylic acids is 1. The van der Waals surface area contributed by atoms with E-state index in [2.05, 4.69) is 15.5 Å². The Bertz CT molecular complexity index is 743. The molecule has 0 spiro atoms. The zero-order valence-corrected chi connectivity index (χ0v) is 10.3. The van der Waals surface area contributed by atoms with Crippen LogP contribution in [0.15, 0.2) is 12.1 Å². The van der Waals surface area contributed by atoms with E-state index in [1.807, 2.05) is 6.07 Å². The van der Waals surface area contributed by atoms with E-state index < -0.39 is 17.6 Å². The second kappa shape index (κ2) is 3.34. The number of fused-ring (bicyclic) bond motifs is 3. The van der Waals surface area contributed by atoms with Crippen LogP contribution in [0.4, 0.5) is 13.2 Å². The summed E-state index contributed by atoms with van der Waals surface area (Å²) in [7, 11) is 0. The van der Waals surface area contributed by atoms with Crippen molar-refractivity contribution in [1.29, 1.82) is 0 Å². The average Bonchev–Trinajstić information content (AvgIpc) is 2.79. The minimum absolute atomic E-state index is 0.0647. The third-order valence-electron chi connectivity index (χ3n) is 4.22. The molecule has 1 heterocycles. The van der Waals surface area contributed by atoms with E-state index in [1.54, 1.807) is 6.07 Å². The largest absolute Gasteiger partial charge is 0.411 e. The quantitative estimate of drug-likeness (QED) is 0.758. The van der Waals surface area contributed by atoms with Crippen LogP contribution in [0, 0.1) is 0 Å². The summed E-state index contributed by atoms with van der Waals surface area (Å²) in [5.41, 5.74) is 0.649. The first-order valence-electron chi connectivity index (χ1n) is 6.33. The molecule has 0 saturated heterocycles. The van der Waals surface area contributed by atoms with Crippen LogP contribution < -0.4 is 5.32 Å². The van der Waals surface area contributed by atoms with Crippen molar-refractivity contribution < 1.29 is 18.0 Å². The fraction of sp³-hybridized carbons (Fsp3) is 0.385. The Morgan fingerprint density at radius 1 is 1.35 bits per heavy atom. The molecule has 1 fully saturated rings. The smallest absolute Gasteiger partial charge is 0.336 e. The SMILES string of the molecule is O=C(NC1(C(F)(F)F)CCC1)c1[nH]nc2c3cc-3cc12. The van der Waals surface area contributed by atoms with Crippen molar-refractivity contribution in [3.63, 3.8) is 0 Å². The number of carbonyl (C=O) groups is 1. The van der Waals surface area contributed by atoms with Crippen LogP contribution in [0.5, 0.6) is 0 Å². The molecule has 7 heteroatoms. The highest BCUT2D eigenvalue weighted by molar-refractivity contribution is 6.15. The van der Waals surface area contributed by atoms with Crippen molar-refractivity contribution in [2.75, 3.05) is 0 Å². The van der Waals surface area contributed by atoms with Crippen LogP contribution in [0.25, 0.3) is 22.0 Å². The van der Waals surface area contributed by atoms with Gasteiger partial charge in [0.15, 0.2) is 0 Å². The van der Waals surface area contributed by atoms with Crippen LogP contribution in [0.3, 0.4) is 0 Å². The van der Waals surface area contributed by atoms with E-state index in [0.29, 0.717) is 17.3 Å². The molecule has 0 atom stereocenters. The molecule has 1 amide bonds. The van der Waals surface area contributed by atoms with Gasteiger partial charge < -0.3 is 5.32 Å². The van der Waals surface area contributed by atoms with Gasteiger partial charge in [-0.05, 0) is 37.0 Å². The molecular formula is C13H10F3N3O. The third-order valence-corrected chi connectivity index (χ3v) is 4.22. The molecule has 0 aromatic carbocycles. The van der Waals surface area contributed by atoms with Crippen LogP contribution in [-0.4, -0.2) is 27.8 Å². The highest BCUT2D eigenvalue weighted by Crippen LogP contribution is 2.46. The molecule has 3 aliphatic rings. The molecule has 1 aromatic rings. The zero-order valence-electron chi connectivity index (χ0n) is 10.3. The van der Waals surface area contributed by atoms with E-state index in [0.717, 1.165) is 11.1 Å². The van der Waals surface area contributed by atoms with Crippen molar-refractivity contribution in [1.82, 2.24) is 15.5 Å². The summed E-state index contributed by atoms with van der Waals surface area (Å²) in [5, 5.41) is 9.27. The average molecular weight is 281 g/mol. The fourth-order valence-corrected chi connectivity index (χ4v) is 2.76. The fourth-order valence-electron chi connectivity index (χ4n) is 2.76. The van der Waals surface area contributed by atoms with Gasteiger partial charge in [0.2, 0.25) is 0 Å². The van der Waals surface area contributed by atoms with Gasteiger partial charge in [-0.1, -0.05) is 0 Å². The standard InChI is InChI=1S/C13H10F3N3O/c14-13(15,16)12(2-1-3-12)17-11(20)10-8-5-6-4-7(6)9(8)18-19-10/h4-5H,1-3H2,(H,17,20)(H,18,19). The van der Waals surface area contributed by atoms with Gasteiger partial charge in [0, 0.05) is 10.9 Å². The minimum Gasteiger partial charge on any atom is -0.336 e. The van der Waals surface area contributed by atoms with Gasteiger partial charge in [0.05, 0.1) is 0 Å². The zero-order chi connectivity index (χ0) is 14.1. The number of H-pyrrole nitrogens is 1. The van der Waals surface area contributed by atoms with Crippen LogP contribution in [0.2, 0.25) is 0 Å². The molecule has 2 N–H and O–H groups in total. The maximum atomic E-state index is 13.0. The Hall–Kier alpha value is -2.05. The molecule has 0 bridgehead atoms. The maximum absolute atomic E-state index is 13.0. The van der Waals surface area contributed by atoms with Crippen molar-refractivity contribution in [3.05, 3.63) is 17.8 Å². The number of hydrogen-bond acceptors (Lipinski definition) is 2. The van der Waals surface area contributed by atoms with E-state index >= 15 is 0 Å². The van der Waals surface area contributed by atoms with Crippen molar-refractivity contribution in [2.24, 2.45) is 0 Å². The van der Waals surface area contributed by atoms with Gasteiger partial charge in [0.25, 0.3) is 5.91 Å². The minimum atomic E-state index is -4.42. The number of benzene rings is 1. The van der Waals surface area contributed by atoms with Crippen molar-refractivity contribution in [3.8, 4) is 11.1 Å². The second-order valence-electron chi connectivity index (χ2n) is 5.41. The molecule has 3 aliphatic carbocycles. The monoisotopic (exact) mass is 281 g/mol. The summed E-state index contributed by atoms with van der Waals surface area (Å²) in [6.07, 6.45) is -4.08. The number of aromatic amines is 1. The topological polar surface area (TPSA) is 57.8 Å². The number of alkyl halides is 3. The number of amides is 1. The van der Waals surface area contributed by atoms with Gasteiger partial charge in [-0.25, -0.2) is 0 Å². The molecule has 0 aliphatic heterocycles. The molecule has 1 aromatic heterocycles. The van der Waals surface area contributed by atoms with E-state index in [-0.39, 0.29) is 18.5 Å². The Morgan fingerprint density at radius 3 is 2.70 bits per heavy atom. The lowest BCUT2D eigenvalue weighted by atomic mass is 9.76. The van der Waals surface area contributed by atoms with Gasteiger partial charge >= 0.3 is 6.18 Å². The Morgan fingerprint density at radius 2 is 2.10 bits per heavy atom. The number of rotatable bonds is 2. The predicted molar refractivity (Wildman–Crippen MR) is 65.2 cm³/mol. The summed E-state index contributed by atoms with van der Waals surface area (Å²) in [6.45, 7) is 0. The lowest BCUT2D eigenvalue weighted by Gasteiger charge is -2.43. The van der Waals surface area contributed by atoms with Crippen LogP contribution >= 0.6 is 0 Å². The molecule has 4 nitrogen and oxygen atoms in total. The van der Waals surface area contributed by atoms with Crippen LogP contribution in [0.1, 0.15) is 29.8 Å². The Labute approximate surface area is 111 Å². The number of aromatic nitrogens is 2. The van der Waals surface area contributed by atoms with Crippen molar-refractivity contribution in [2.45, 2.75) is 31.0 Å². The lowest BCUT2D eigenvalue weighted by Crippen LogP contribution is -2.63. The van der Waals surface area contributed by atoms with E-state index in [4.69, 9.17) is 0 Å². The lowest BCUT2D eigenvalue weighted by molar-refractivity contribution is -0.215. The summed E-state index contributed by atoms with van der Waals surface area (Å²) >= 11 is 0. The summed E-state index contributed by atoms with van der Waals surface area (Å²) in [4.78, 5) is 12.1. The number of nitrogens with zero attached hydrogens (tertiary/aromatic N) is 1. The van der Waals surface area contributed by atoms with Gasteiger partial charge in [-0.2, -0.15) is 18.3 Å². The first-order chi connectivity index (χ1) is 9.41. The summed E-state index contributed by atoms with van der Waals surface area (Å²) in [6, 6.07) is 3.68. The normalized spacial score (nSPS) is 18.8. The van der Waals surface area contributed by atoms with E-state index in [1.165, 1.54) is 0 Å².